The van der Waals surface area contributed by atoms with Crippen LogP contribution in [0.15, 0.2) is 23.1 Å². The zero-order valence-corrected chi connectivity index (χ0v) is 14.4. The Kier molecular flexibility index (Phi) is 7.13. The van der Waals surface area contributed by atoms with Crippen molar-refractivity contribution in [2.45, 2.75) is 45.1 Å². The van der Waals surface area contributed by atoms with Crippen molar-refractivity contribution in [3.63, 3.8) is 0 Å². The van der Waals surface area contributed by atoms with E-state index in [0.717, 1.165) is 12.8 Å². The molecule has 0 spiro atoms. The van der Waals surface area contributed by atoms with Crippen molar-refractivity contribution in [3.8, 4) is 0 Å². The van der Waals surface area contributed by atoms with E-state index in [2.05, 4.69) is 13.8 Å². The highest BCUT2D eigenvalue weighted by molar-refractivity contribution is 7.89. The lowest BCUT2D eigenvalue weighted by Gasteiger charge is -2.25. The summed E-state index contributed by atoms with van der Waals surface area (Å²) in [5.74, 6) is 0.351. The molecule has 0 aliphatic carbocycles. The number of sulfonamides is 1. The highest BCUT2D eigenvalue weighted by Crippen LogP contribution is 2.24. The molecule has 1 rings (SSSR count). The molecule has 0 atom stereocenters. The smallest absolute Gasteiger partial charge is 0.243 e. The maximum absolute atomic E-state index is 12.7. The van der Waals surface area contributed by atoms with Crippen LogP contribution >= 0.6 is 11.6 Å². The minimum atomic E-state index is -3.55. The van der Waals surface area contributed by atoms with E-state index >= 15 is 0 Å². The first kappa shape index (κ1) is 18.4. The number of aliphatic hydroxyl groups is 1. The van der Waals surface area contributed by atoms with Gasteiger partial charge in [0.05, 0.1) is 11.5 Å². The predicted octanol–water partition coefficient (Wildman–Crippen LogP) is 3.28. The van der Waals surface area contributed by atoms with E-state index in [-0.39, 0.29) is 11.5 Å². The average Bonchev–Trinajstić information content (AvgIpc) is 2.48. The van der Waals surface area contributed by atoms with E-state index in [1.165, 1.54) is 22.5 Å². The Morgan fingerprint density at radius 2 is 1.86 bits per heavy atom. The normalized spacial score (nSPS) is 12.3. The molecular weight excluding hydrogens is 310 g/mol. The molecule has 120 valence electrons. The number of hydrogen-bond donors (Lipinski definition) is 1. The van der Waals surface area contributed by atoms with Crippen LogP contribution in [-0.4, -0.2) is 30.9 Å². The van der Waals surface area contributed by atoms with Crippen LogP contribution in [0.25, 0.3) is 0 Å². The Bertz CT molecular complexity index is 556. The van der Waals surface area contributed by atoms with Crippen LogP contribution in [0, 0.1) is 5.92 Å². The molecule has 0 saturated carbocycles. The van der Waals surface area contributed by atoms with Crippen LogP contribution < -0.4 is 0 Å². The molecule has 0 fully saturated rings. The van der Waals surface area contributed by atoms with Gasteiger partial charge in [0.25, 0.3) is 0 Å². The molecule has 0 aliphatic heterocycles. The third kappa shape index (κ3) is 4.42. The summed E-state index contributed by atoms with van der Waals surface area (Å²) in [6, 6.07) is 4.46. The number of benzene rings is 1. The molecule has 0 bridgehead atoms. The quantitative estimate of drug-likeness (QED) is 0.794. The second-order valence-electron chi connectivity index (χ2n) is 5.05. The fourth-order valence-electron chi connectivity index (χ4n) is 2.21. The summed E-state index contributed by atoms with van der Waals surface area (Å²) in [7, 11) is -3.55. The van der Waals surface area contributed by atoms with Gasteiger partial charge in [-0.15, -0.1) is 0 Å². The van der Waals surface area contributed by atoms with Gasteiger partial charge >= 0.3 is 0 Å². The second kappa shape index (κ2) is 8.13. The SMILES string of the molecule is CCC(CC)CN(CC)S(=O)(=O)c1ccc(Cl)c(CO)c1. The van der Waals surface area contributed by atoms with Crippen molar-refractivity contribution < 1.29 is 13.5 Å². The summed E-state index contributed by atoms with van der Waals surface area (Å²) < 4.78 is 26.9. The molecule has 4 nitrogen and oxygen atoms in total. The molecule has 0 radical (unpaired) electrons. The fraction of sp³-hybridized carbons (Fsp3) is 0.600. The maximum atomic E-state index is 12.7. The van der Waals surface area contributed by atoms with Gasteiger partial charge < -0.3 is 5.11 Å². The van der Waals surface area contributed by atoms with Crippen molar-refractivity contribution in [2.24, 2.45) is 5.92 Å². The monoisotopic (exact) mass is 333 g/mol. The molecule has 0 unspecified atom stereocenters. The van der Waals surface area contributed by atoms with Gasteiger partial charge in [-0.05, 0) is 29.7 Å². The summed E-state index contributed by atoms with van der Waals surface area (Å²) in [5, 5.41) is 9.61. The molecule has 0 heterocycles. The van der Waals surface area contributed by atoms with Gasteiger partial charge in [-0.2, -0.15) is 4.31 Å². The molecule has 1 N–H and O–H groups in total. The largest absolute Gasteiger partial charge is 0.392 e. The Labute approximate surface area is 132 Å². The van der Waals surface area contributed by atoms with E-state index in [4.69, 9.17) is 11.6 Å². The van der Waals surface area contributed by atoms with Crippen molar-refractivity contribution >= 4 is 21.6 Å². The first-order valence-corrected chi connectivity index (χ1v) is 9.11. The molecule has 0 amide bonds. The first-order chi connectivity index (χ1) is 9.90. The van der Waals surface area contributed by atoms with Gasteiger partial charge in [0, 0.05) is 18.1 Å². The lowest BCUT2D eigenvalue weighted by atomic mass is 10.0. The maximum Gasteiger partial charge on any atom is 0.243 e. The van der Waals surface area contributed by atoms with Crippen molar-refractivity contribution in [1.82, 2.24) is 4.31 Å². The Morgan fingerprint density at radius 1 is 1.24 bits per heavy atom. The van der Waals surface area contributed by atoms with Crippen molar-refractivity contribution in [1.29, 1.82) is 0 Å². The molecule has 6 heteroatoms. The molecule has 0 saturated heterocycles. The van der Waals surface area contributed by atoms with E-state index in [9.17, 15) is 13.5 Å². The summed E-state index contributed by atoms with van der Waals surface area (Å²) >= 11 is 5.92. The lowest BCUT2D eigenvalue weighted by molar-refractivity contribution is 0.281. The first-order valence-electron chi connectivity index (χ1n) is 7.30. The lowest BCUT2D eigenvalue weighted by Crippen LogP contribution is -2.35. The summed E-state index contributed by atoms with van der Waals surface area (Å²) in [5.41, 5.74) is 0.427. The predicted molar refractivity (Wildman–Crippen MR) is 85.9 cm³/mol. The number of hydrogen-bond acceptors (Lipinski definition) is 3. The average molecular weight is 334 g/mol. The highest BCUT2D eigenvalue weighted by atomic mass is 35.5. The van der Waals surface area contributed by atoms with Crippen molar-refractivity contribution in [3.05, 3.63) is 28.8 Å². The minimum Gasteiger partial charge on any atom is -0.392 e. The standard InChI is InChI=1S/C15H24ClNO3S/c1-4-12(5-2)10-17(6-3)21(19,20)14-7-8-15(16)13(9-14)11-18/h7-9,12,18H,4-6,10-11H2,1-3H3. The topological polar surface area (TPSA) is 57.6 Å². The van der Waals surface area contributed by atoms with Crippen LogP contribution in [0.3, 0.4) is 0 Å². The fourth-order valence-corrected chi connectivity index (χ4v) is 3.97. The highest BCUT2D eigenvalue weighted by Gasteiger charge is 2.25. The van der Waals surface area contributed by atoms with E-state index in [0.29, 0.717) is 29.6 Å². The minimum absolute atomic E-state index is 0.184. The number of rotatable bonds is 8. The summed E-state index contributed by atoms with van der Waals surface area (Å²) in [6.07, 6.45) is 1.90. The molecule has 1 aromatic carbocycles. The number of halogens is 1. The molecule has 1 aromatic rings. The molecule has 0 aliphatic rings. The van der Waals surface area contributed by atoms with Gasteiger partial charge in [-0.25, -0.2) is 8.42 Å². The van der Waals surface area contributed by atoms with E-state index in [1.54, 1.807) is 0 Å². The number of nitrogens with zero attached hydrogens (tertiary/aromatic N) is 1. The Hall–Kier alpha value is -0.620. The van der Waals surface area contributed by atoms with Gasteiger partial charge in [0.2, 0.25) is 10.0 Å². The second-order valence-corrected chi connectivity index (χ2v) is 7.39. The molecule has 0 aromatic heterocycles. The van der Waals surface area contributed by atoms with E-state index in [1.807, 2.05) is 6.92 Å². The summed E-state index contributed by atoms with van der Waals surface area (Å²) in [4.78, 5) is 0.184. The van der Waals surface area contributed by atoms with Crippen LogP contribution in [0.5, 0.6) is 0 Å². The van der Waals surface area contributed by atoms with Crippen LogP contribution in [0.1, 0.15) is 39.2 Å². The van der Waals surface area contributed by atoms with E-state index < -0.39 is 10.0 Å². The zero-order valence-electron chi connectivity index (χ0n) is 12.8. The van der Waals surface area contributed by atoms with Crippen LogP contribution in [0.2, 0.25) is 5.02 Å². The van der Waals surface area contributed by atoms with Gasteiger partial charge in [-0.1, -0.05) is 45.2 Å². The van der Waals surface area contributed by atoms with Gasteiger partial charge in [-0.3, -0.25) is 0 Å². The number of aliphatic hydroxyl groups excluding tert-OH is 1. The van der Waals surface area contributed by atoms with Gasteiger partial charge in [0.15, 0.2) is 0 Å². The van der Waals surface area contributed by atoms with Crippen LogP contribution in [0.4, 0.5) is 0 Å². The third-order valence-electron chi connectivity index (χ3n) is 3.79. The Morgan fingerprint density at radius 3 is 2.33 bits per heavy atom. The Balaban J connectivity index is 3.12. The van der Waals surface area contributed by atoms with Gasteiger partial charge in [0.1, 0.15) is 0 Å². The van der Waals surface area contributed by atoms with Crippen molar-refractivity contribution in [2.75, 3.05) is 13.1 Å². The molecule has 21 heavy (non-hydrogen) atoms. The third-order valence-corrected chi connectivity index (χ3v) is 6.10. The van der Waals surface area contributed by atoms with Crippen LogP contribution in [-0.2, 0) is 16.6 Å². The summed E-state index contributed by atoms with van der Waals surface area (Å²) in [6.45, 7) is 6.64. The zero-order chi connectivity index (χ0) is 16.0. The molecular formula is C15H24ClNO3S.